The fourth-order valence-corrected chi connectivity index (χ4v) is 1.47. The van der Waals surface area contributed by atoms with E-state index in [1.165, 1.54) is 0 Å². The molecule has 0 aliphatic carbocycles. The first-order chi connectivity index (χ1) is 6.06. The highest BCUT2D eigenvalue weighted by molar-refractivity contribution is 9.10. The maximum absolute atomic E-state index is 9.88. The molecule has 1 aromatic carbocycles. The maximum atomic E-state index is 9.88. The van der Waals surface area contributed by atoms with Crippen LogP contribution in [0.2, 0.25) is 0 Å². The SMILES string of the molecule is CC(O)(CON)c1cccc(Br)c1. The smallest absolute Gasteiger partial charge is 0.112 e. The van der Waals surface area contributed by atoms with E-state index in [9.17, 15) is 5.11 Å². The first kappa shape index (κ1) is 10.7. The summed E-state index contributed by atoms with van der Waals surface area (Å²) in [6.07, 6.45) is 0. The third-order valence-electron chi connectivity index (χ3n) is 1.81. The predicted octanol–water partition coefficient (Wildman–Crippen LogP) is 1.55. The molecular weight excluding hydrogens is 234 g/mol. The van der Waals surface area contributed by atoms with Gasteiger partial charge < -0.3 is 9.94 Å². The summed E-state index contributed by atoms with van der Waals surface area (Å²) < 4.78 is 0.919. The molecule has 0 spiro atoms. The minimum absolute atomic E-state index is 0.0729. The summed E-state index contributed by atoms with van der Waals surface area (Å²) in [7, 11) is 0. The highest BCUT2D eigenvalue weighted by Gasteiger charge is 2.23. The maximum Gasteiger partial charge on any atom is 0.112 e. The Kier molecular flexibility index (Phi) is 3.44. The van der Waals surface area contributed by atoms with Crippen LogP contribution in [0.4, 0.5) is 0 Å². The lowest BCUT2D eigenvalue weighted by molar-refractivity contribution is -0.0387. The van der Waals surface area contributed by atoms with Crippen molar-refractivity contribution in [1.29, 1.82) is 0 Å². The summed E-state index contributed by atoms with van der Waals surface area (Å²) >= 11 is 3.32. The van der Waals surface area contributed by atoms with Gasteiger partial charge >= 0.3 is 0 Å². The van der Waals surface area contributed by atoms with Crippen LogP contribution in [0, 0.1) is 0 Å². The summed E-state index contributed by atoms with van der Waals surface area (Å²) in [5.74, 6) is 4.92. The minimum atomic E-state index is -1.04. The third-order valence-corrected chi connectivity index (χ3v) is 2.30. The summed E-state index contributed by atoms with van der Waals surface area (Å²) in [5, 5.41) is 9.88. The molecule has 0 aromatic heterocycles. The van der Waals surface area contributed by atoms with Crippen LogP contribution in [-0.4, -0.2) is 11.7 Å². The largest absolute Gasteiger partial charge is 0.383 e. The summed E-state index contributed by atoms with van der Waals surface area (Å²) in [4.78, 5) is 4.44. The topological polar surface area (TPSA) is 55.5 Å². The molecule has 0 aliphatic rings. The molecule has 1 rings (SSSR count). The van der Waals surface area contributed by atoms with E-state index >= 15 is 0 Å². The van der Waals surface area contributed by atoms with Gasteiger partial charge in [-0.1, -0.05) is 28.1 Å². The third kappa shape index (κ3) is 2.77. The predicted molar refractivity (Wildman–Crippen MR) is 53.9 cm³/mol. The first-order valence-corrected chi connectivity index (χ1v) is 4.65. The van der Waals surface area contributed by atoms with Crippen LogP contribution < -0.4 is 5.90 Å². The van der Waals surface area contributed by atoms with Crippen molar-refractivity contribution in [2.45, 2.75) is 12.5 Å². The van der Waals surface area contributed by atoms with E-state index in [2.05, 4.69) is 20.8 Å². The van der Waals surface area contributed by atoms with Crippen molar-refractivity contribution in [3.63, 3.8) is 0 Å². The van der Waals surface area contributed by atoms with E-state index in [4.69, 9.17) is 5.90 Å². The van der Waals surface area contributed by atoms with Crippen LogP contribution >= 0.6 is 15.9 Å². The van der Waals surface area contributed by atoms with Gasteiger partial charge in [-0.2, -0.15) is 0 Å². The number of halogens is 1. The van der Waals surface area contributed by atoms with Crippen LogP contribution in [0.5, 0.6) is 0 Å². The van der Waals surface area contributed by atoms with Gasteiger partial charge in [0.2, 0.25) is 0 Å². The summed E-state index contributed by atoms with van der Waals surface area (Å²) in [6.45, 7) is 1.73. The molecule has 0 aliphatic heterocycles. The Hall–Kier alpha value is -0.420. The Morgan fingerprint density at radius 1 is 1.62 bits per heavy atom. The van der Waals surface area contributed by atoms with E-state index in [0.29, 0.717) is 0 Å². The second kappa shape index (κ2) is 4.19. The number of aliphatic hydroxyl groups is 1. The van der Waals surface area contributed by atoms with E-state index < -0.39 is 5.60 Å². The lowest BCUT2D eigenvalue weighted by Gasteiger charge is -2.22. The monoisotopic (exact) mass is 245 g/mol. The van der Waals surface area contributed by atoms with Gasteiger partial charge in [-0.3, -0.25) is 0 Å². The molecule has 0 fully saturated rings. The van der Waals surface area contributed by atoms with Gasteiger partial charge in [-0.05, 0) is 24.6 Å². The Balaban J connectivity index is 2.93. The van der Waals surface area contributed by atoms with Gasteiger partial charge in [-0.15, -0.1) is 0 Å². The van der Waals surface area contributed by atoms with Gasteiger partial charge in [0.05, 0.1) is 0 Å². The van der Waals surface area contributed by atoms with Crippen molar-refractivity contribution >= 4 is 15.9 Å². The van der Waals surface area contributed by atoms with E-state index in [1.54, 1.807) is 6.92 Å². The van der Waals surface area contributed by atoms with Crippen LogP contribution in [0.3, 0.4) is 0 Å². The fraction of sp³-hybridized carbons (Fsp3) is 0.333. The molecular formula is C9H12BrNO2. The van der Waals surface area contributed by atoms with Crippen molar-refractivity contribution in [2.75, 3.05) is 6.61 Å². The second-order valence-electron chi connectivity index (χ2n) is 3.10. The molecule has 4 heteroatoms. The second-order valence-corrected chi connectivity index (χ2v) is 4.01. The number of rotatable bonds is 3. The van der Waals surface area contributed by atoms with Crippen molar-refractivity contribution in [2.24, 2.45) is 5.90 Å². The number of benzene rings is 1. The average molecular weight is 246 g/mol. The van der Waals surface area contributed by atoms with E-state index in [1.807, 2.05) is 24.3 Å². The minimum Gasteiger partial charge on any atom is -0.383 e. The van der Waals surface area contributed by atoms with Crippen molar-refractivity contribution in [1.82, 2.24) is 0 Å². The Labute approximate surface area is 85.6 Å². The number of nitrogens with two attached hydrogens (primary N) is 1. The quantitative estimate of drug-likeness (QED) is 0.795. The van der Waals surface area contributed by atoms with Crippen LogP contribution in [-0.2, 0) is 10.4 Å². The normalized spacial score (nSPS) is 15.4. The van der Waals surface area contributed by atoms with Gasteiger partial charge in [-0.25, -0.2) is 5.90 Å². The summed E-state index contributed by atoms with van der Waals surface area (Å²) in [5.41, 5.74) is -0.272. The molecule has 3 nitrogen and oxygen atoms in total. The lowest BCUT2D eigenvalue weighted by atomic mass is 9.97. The molecule has 0 radical (unpaired) electrons. The standard InChI is InChI=1S/C9H12BrNO2/c1-9(12,6-13-11)7-3-2-4-8(10)5-7/h2-5,12H,6,11H2,1H3. The van der Waals surface area contributed by atoms with Crippen LogP contribution in [0.15, 0.2) is 28.7 Å². The summed E-state index contributed by atoms with van der Waals surface area (Å²) in [6, 6.07) is 7.40. The molecule has 72 valence electrons. The van der Waals surface area contributed by atoms with Gasteiger partial charge in [0, 0.05) is 4.47 Å². The van der Waals surface area contributed by atoms with Crippen molar-refractivity contribution in [3.05, 3.63) is 34.3 Å². The number of hydrogen-bond donors (Lipinski definition) is 2. The zero-order chi connectivity index (χ0) is 9.90. The lowest BCUT2D eigenvalue weighted by Crippen LogP contribution is -2.29. The Bertz CT molecular complexity index is 289. The zero-order valence-electron chi connectivity index (χ0n) is 7.33. The van der Waals surface area contributed by atoms with Crippen molar-refractivity contribution in [3.8, 4) is 0 Å². The Morgan fingerprint density at radius 2 is 2.31 bits per heavy atom. The highest BCUT2D eigenvalue weighted by Crippen LogP contribution is 2.23. The van der Waals surface area contributed by atoms with Crippen molar-refractivity contribution < 1.29 is 9.94 Å². The molecule has 0 saturated heterocycles. The fourth-order valence-electron chi connectivity index (χ4n) is 1.07. The molecule has 1 aromatic rings. The van der Waals surface area contributed by atoms with Crippen LogP contribution in [0.1, 0.15) is 12.5 Å². The van der Waals surface area contributed by atoms with Gasteiger partial charge in [0.25, 0.3) is 0 Å². The zero-order valence-corrected chi connectivity index (χ0v) is 8.91. The molecule has 0 heterocycles. The average Bonchev–Trinajstić information content (AvgIpc) is 2.04. The number of hydrogen-bond acceptors (Lipinski definition) is 3. The van der Waals surface area contributed by atoms with Crippen LogP contribution in [0.25, 0.3) is 0 Å². The van der Waals surface area contributed by atoms with Gasteiger partial charge in [0.1, 0.15) is 12.2 Å². The van der Waals surface area contributed by atoms with E-state index in [0.717, 1.165) is 10.0 Å². The highest BCUT2D eigenvalue weighted by atomic mass is 79.9. The molecule has 0 saturated carbocycles. The molecule has 13 heavy (non-hydrogen) atoms. The molecule has 1 unspecified atom stereocenters. The Morgan fingerprint density at radius 3 is 2.85 bits per heavy atom. The first-order valence-electron chi connectivity index (χ1n) is 3.86. The van der Waals surface area contributed by atoms with E-state index in [-0.39, 0.29) is 6.61 Å². The van der Waals surface area contributed by atoms with Gasteiger partial charge in [0.15, 0.2) is 0 Å². The molecule has 1 atom stereocenters. The molecule has 0 bridgehead atoms. The molecule has 0 amide bonds. The molecule has 3 N–H and O–H groups in total.